The number of nitrogens with zero attached hydrogens (tertiary/aromatic N) is 5. The molecule has 0 spiro atoms. The lowest BCUT2D eigenvalue weighted by Crippen LogP contribution is -2.46. The highest BCUT2D eigenvalue weighted by atomic mass is 19.1. The molecule has 3 aromatic heterocycles. The van der Waals surface area contributed by atoms with E-state index in [0.29, 0.717) is 36.3 Å². The van der Waals surface area contributed by atoms with Crippen molar-refractivity contribution in [3.8, 4) is 11.3 Å². The van der Waals surface area contributed by atoms with E-state index in [1.807, 2.05) is 31.2 Å². The van der Waals surface area contributed by atoms with Crippen LogP contribution in [0, 0.1) is 18.7 Å². The van der Waals surface area contributed by atoms with Crippen LogP contribution >= 0.6 is 0 Å². The Balaban J connectivity index is 1.35. The molecule has 37 heavy (non-hydrogen) atoms. The van der Waals surface area contributed by atoms with Crippen LogP contribution in [0.4, 0.5) is 21.7 Å². The normalized spacial score (nSPS) is 21.2. The third-order valence-corrected chi connectivity index (χ3v) is 7.54. The average molecular weight is 502 g/mol. The number of hydrogen-bond acceptors (Lipinski definition) is 7. The van der Waals surface area contributed by atoms with Crippen molar-refractivity contribution in [2.75, 3.05) is 36.5 Å². The Bertz CT molecular complexity index is 1430. The number of nitrogens with one attached hydrogen (secondary N) is 1. The maximum atomic E-state index is 15.4. The van der Waals surface area contributed by atoms with Gasteiger partial charge in [0.25, 0.3) is 0 Å². The first kappa shape index (κ1) is 23.8. The van der Waals surface area contributed by atoms with Crippen LogP contribution in [-0.4, -0.2) is 51.9 Å². The lowest BCUT2D eigenvalue weighted by atomic mass is 9.79. The van der Waals surface area contributed by atoms with Crippen LogP contribution in [0.5, 0.6) is 0 Å². The molecule has 3 N–H and O–H groups in total. The first-order chi connectivity index (χ1) is 17.8. The van der Waals surface area contributed by atoms with Gasteiger partial charge in [-0.1, -0.05) is 19.9 Å². The summed E-state index contributed by atoms with van der Waals surface area (Å²) < 4.78 is 22.5. The number of piperidine rings is 1. The number of ether oxygens (including phenoxy) is 1. The maximum Gasteiger partial charge on any atom is 0.229 e. The molecule has 8 nitrogen and oxygen atoms in total. The fourth-order valence-corrected chi connectivity index (χ4v) is 5.57. The molecule has 1 aromatic carbocycles. The van der Waals surface area contributed by atoms with Crippen molar-refractivity contribution in [2.24, 2.45) is 11.7 Å². The third-order valence-electron chi connectivity index (χ3n) is 7.54. The summed E-state index contributed by atoms with van der Waals surface area (Å²) in [5.41, 5.74) is 11.7. The van der Waals surface area contributed by atoms with Gasteiger partial charge in [0.05, 0.1) is 48.2 Å². The van der Waals surface area contributed by atoms with Gasteiger partial charge in [-0.2, -0.15) is 9.61 Å². The minimum Gasteiger partial charge on any atom is -0.379 e. The SMILES string of the molecule is Cc1cc(C2(C)COC2)cc(F)c1-c1ccc2cnc(Nc3cnccc3N3CC(C)CC(N)C3)n2n1. The van der Waals surface area contributed by atoms with E-state index in [1.165, 1.54) is 0 Å². The zero-order valence-corrected chi connectivity index (χ0v) is 21.4. The molecular formula is C28H32FN7O. The highest BCUT2D eigenvalue weighted by Crippen LogP contribution is 2.36. The van der Waals surface area contributed by atoms with E-state index >= 15 is 4.39 Å². The Kier molecular flexibility index (Phi) is 5.84. The molecule has 0 bridgehead atoms. The Hall–Kier alpha value is -3.56. The molecule has 192 valence electrons. The molecule has 4 aromatic rings. The van der Waals surface area contributed by atoms with Crippen LogP contribution in [-0.2, 0) is 10.2 Å². The van der Waals surface area contributed by atoms with E-state index in [9.17, 15) is 0 Å². The van der Waals surface area contributed by atoms with E-state index < -0.39 is 0 Å². The predicted octanol–water partition coefficient (Wildman–Crippen LogP) is 4.44. The number of benzene rings is 1. The quantitative estimate of drug-likeness (QED) is 0.417. The largest absolute Gasteiger partial charge is 0.379 e. The molecule has 0 aliphatic carbocycles. The second-order valence-electron chi connectivity index (χ2n) is 10.9. The summed E-state index contributed by atoms with van der Waals surface area (Å²) in [4.78, 5) is 11.2. The van der Waals surface area contributed by atoms with Crippen molar-refractivity contribution in [3.63, 3.8) is 0 Å². The van der Waals surface area contributed by atoms with Crippen LogP contribution in [0.15, 0.2) is 48.9 Å². The van der Waals surface area contributed by atoms with Gasteiger partial charge in [0.1, 0.15) is 5.82 Å². The van der Waals surface area contributed by atoms with Gasteiger partial charge < -0.3 is 20.7 Å². The van der Waals surface area contributed by atoms with Crippen molar-refractivity contribution in [2.45, 2.75) is 38.6 Å². The van der Waals surface area contributed by atoms with Gasteiger partial charge in [-0.05, 0) is 54.7 Å². The van der Waals surface area contributed by atoms with Crippen molar-refractivity contribution in [1.29, 1.82) is 0 Å². The van der Waals surface area contributed by atoms with Gasteiger partial charge in [-0.15, -0.1) is 0 Å². The second kappa shape index (κ2) is 9.08. The van der Waals surface area contributed by atoms with Gasteiger partial charge in [-0.3, -0.25) is 4.98 Å². The van der Waals surface area contributed by atoms with Crippen LogP contribution in [0.1, 0.15) is 31.4 Å². The summed E-state index contributed by atoms with van der Waals surface area (Å²) >= 11 is 0. The van der Waals surface area contributed by atoms with Gasteiger partial charge in [-0.25, -0.2) is 9.37 Å². The van der Waals surface area contributed by atoms with Crippen LogP contribution in [0.2, 0.25) is 0 Å². The lowest BCUT2D eigenvalue weighted by Gasteiger charge is -2.39. The molecule has 0 amide bonds. The number of aryl methyl sites for hydroxylation is 1. The summed E-state index contributed by atoms with van der Waals surface area (Å²) in [5, 5.41) is 8.20. The topological polar surface area (TPSA) is 93.6 Å². The van der Waals surface area contributed by atoms with Crippen molar-refractivity contribution >= 4 is 22.8 Å². The summed E-state index contributed by atoms with van der Waals surface area (Å²) in [6.45, 7) is 9.18. The summed E-state index contributed by atoms with van der Waals surface area (Å²) in [5.74, 6) is 0.758. The number of imidazole rings is 1. The number of anilines is 3. The van der Waals surface area contributed by atoms with E-state index in [0.717, 1.165) is 47.5 Å². The molecule has 2 aliphatic heterocycles. The molecule has 2 aliphatic rings. The van der Waals surface area contributed by atoms with E-state index in [4.69, 9.17) is 15.6 Å². The lowest BCUT2D eigenvalue weighted by molar-refractivity contribution is -0.0501. The zero-order valence-electron chi connectivity index (χ0n) is 21.4. The number of hydrogen-bond donors (Lipinski definition) is 2. The van der Waals surface area contributed by atoms with Crippen LogP contribution in [0.25, 0.3) is 16.8 Å². The van der Waals surface area contributed by atoms with E-state index in [1.54, 1.807) is 29.2 Å². The third kappa shape index (κ3) is 4.32. The second-order valence-corrected chi connectivity index (χ2v) is 10.9. The molecule has 9 heteroatoms. The monoisotopic (exact) mass is 501 g/mol. The van der Waals surface area contributed by atoms with Crippen molar-refractivity contribution in [1.82, 2.24) is 19.6 Å². The standard InChI is InChI=1S/C28H32FN7O/c1-17-8-20(30)14-35(13-17)25-6-7-31-12-24(25)33-27-32-11-21-4-5-23(34-36(21)27)26-18(2)9-19(10-22(26)29)28(3)15-37-16-28/h4-7,9-12,17,20H,8,13-16,30H2,1-3H3,(H,32,33). The number of nitrogens with two attached hydrogens (primary N) is 1. The average Bonchev–Trinajstić information content (AvgIpc) is 3.24. The highest BCUT2D eigenvalue weighted by Gasteiger charge is 2.36. The smallest absolute Gasteiger partial charge is 0.229 e. The zero-order chi connectivity index (χ0) is 25.7. The number of aromatic nitrogens is 4. The van der Waals surface area contributed by atoms with Crippen molar-refractivity contribution < 1.29 is 9.13 Å². The Morgan fingerprint density at radius 1 is 1.16 bits per heavy atom. The molecule has 2 unspecified atom stereocenters. The van der Waals surface area contributed by atoms with Crippen LogP contribution < -0.4 is 16.0 Å². The van der Waals surface area contributed by atoms with Crippen LogP contribution in [0.3, 0.4) is 0 Å². The van der Waals surface area contributed by atoms with E-state index in [2.05, 4.69) is 34.0 Å². The predicted molar refractivity (Wildman–Crippen MR) is 143 cm³/mol. The number of fused-ring (bicyclic) bond motifs is 1. The number of rotatable bonds is 5. The summed E-state index contributed by atoms with van der Waals surface area (Å²) in [7, 11) is 0. The molecular weight excluding hydrogens is 469 g/mol. The molecule has 5 heterocycles. The minimum absolute atomic E-state index is 0.130. The molecule has 0 saturated carbocycles. The fraction of sp³-hybridized carbons (Fsp3) is 0.393. The number of halogens is 1. The maximum absolute atomic E-state index is 15.4. The first-order valence-electron chi connectivity index (χ1n) is 12.8. The molecule has 6 rings (SSSR count). The summed E-state index contributed by atoms with van der Waals surface area (Å²) in [6.07, 6.45) is 6.35. The Morgan fingerprint density at radius 2 is 2.00 bits per heavy atom. The number of pyridine rings is 1. The summed E-state index contributed by atoms with van der Waals surface area (Å²) in [6, 6.07) is 9.54. The Morgan fingerprint density at radius 3 is 2.73 bits per heavy atom. The van der Waals surface area contributed by atoms with Gasteiger partial charge in [0, 0.05) is 36.3 Å². The van der Waals surface area contributed by atoms with Gasteiger partial charge >= 0.3 is 0 Å². The van der Waals surface area contributed by atoms with Crippen molar-refractivity contribution in [3.05, 3.63) is 65.9 Å². The molecule has 2 saturated heterocycles. The minimum atomic E-state index is -0.283. The molecule has 2 fully saturated rings. The first-order valence-corrected chi connectivity index (χ1v) is 12.8. The fourth-order valence-electron chi connectivity index (χ4n) is 5.57. The molecule has 2 atom stereocenters. The van der Waals surface area contributed by atoms with E-state index in [-0.39, 0.29) is 17.3 Å². The van der Waals surface area contributed by atoms with Gasteiger partial charge in [0.15, 0.2) is 0 Å². The molecule has 0 radical (unpaired) electrons. The Labute approximate surface area is 215 Å². The van der Waals surface area contributed by atoms with Gasteiger partial charge in [0.2, 0.25) is 5.95 Å². The highest BCUT2D eigenvalue weighted by molar-refractivity contribution is 5.74.